The van der Waals surface area contributed by atoms with Gasteiger partial charge < -0.3 is 0 Å². The van der Waals surface area contributed by atoms with Crippen LogP contribution >= 0.6 is 0 Å². The van der Waals surface area contributed by atoms with Gasteiger partial charge in [-0.05, 0) is 13.3 Å². The highest BCUT2D eigenvalue weighted by Gasteiger charge is 1.88. The largest absolute Gasteiger partial charge is 0.146 e. The highest BCUT2D eigenvalue weighted by atomic mass is 19.2. The van der Waals surface area contributed by atoms with Crippen LogP contribution in [-0.4, -0.2) is 18.7 Å². The maximum Gasteiger partial charge on any atom is 0.0470 e. The third-order valence-corrected chi connectivity index (χ3v) is 1.25. The van der Waals surface area contributed by atoms with E-state index in [2.05, 4.69) is 6.92 Å². The molecule has 0 amide bonds. The van der Waals surface area contributed by atoms with E-state index in [9.17, 15) is 4.48 Å². The molecule has 0 atom stereocenters. The first-order valence-corrected chi connectivity index (χ1v) is 3.19. The van der Waals surface area contributed by atoms with Crippen molar-refractivity contribution in [2.75, 3.05) is 13.6 Å². The molecule has 0 saturated carbocycles. The molecule has 54 valence electrons. The minimum Gasteiger partial charge on any atom is -0.146 e. The Bertz CT molecular complexity index is 97.1. The minimum atomic E-state index is 0.402. The predicted molar refractivity (Wildman–Crippen MR) is 37.8 cm³/mol. The molecule has 0 aromatic heterocycles. The zero-order valence-corrected chi connectivity index (χ0v) is 6.32. The quantitative estimate of drug-likeness (QED) is 0.419. The maximum atomic E-state index is 12.0. The summed E-state index contributed by atoms with van der Waals surface area (Å²) in [7, 11) is 1.42. The first kappa shape index (κ1) is 8.63. The fraction of sp³-hybridized carbons (Fsp3) is 0.714. The summed E-state index contributed by atoms with van der Waals surface area (Å²) in [6.07, 6.45) is 2.90. The Morgan fingerprint density at radius 3 is 2.56 bits per heavy atom. The zero-order valence-electron chi connectivity index (χ0n) is 6.32. The van der Waals surface area contributed by atoms with Crippen molar-refractivity contribution < 1.29 is 4.48 Å². The highest BCUT2D eigenvalue weighted by molar-refractivity contribution is 4.97. The lowest BCUT2D eigenvalue weighted by atomic mass is 10.2. The monoisotopic (exact) mass is 131 g/mol. The molecule has 0 aromatic carbocycles. The van der Waals surface area contributed by atoms with Crippen LogP contribution in [-0.2, 0) is 0 Å². The van der Waals surface area contributed by atoms with Crippen molar-refractivity contribution >= 4 is 0 Å². The Kier molecular flexibility index (Phi) is 4.32. The van der Waals surface area contributed by atoms with Crippen LogP contribution in [0, 0.1) is 0 Å². The van der Waals surface area contributed by atoms with Gasteiger partial charge in [-0.15, -0.1) is 9.60 Å². The van der Waals surface area contributed by atoms with Gasteiger partial charge in [0.15, 0.2) is 0 Å². The van der Waals surface area contributed by atoms with E-state index >= 15 is 0 Å². The first-order chi connectivity index (χ1) is 4.16. The normalized spacial score (nSPS) is 12.8. The Balaban J connectivity index is 3.43. The lowest BCUT2D eigenvalue weighted by Crippen LogP contribution is -2.05. The molecular weight excluding hydrogens is 117 g/mol. The van der Waals surface area contributed by atoms with Crippen LogP contribution in [0.2, 0.25) is 0 Å². The van der Waals surface area contributed by atoms with Gasteiger partial charge in [-0.1, -0.05) is 18.6 Å². The van der Waals surface area contributed by atoms with Crippen LogP contribution < -0.4 is 0 Å². The van der Waals surface area contributed by atoms with E-state index in [-0.39, 0.29) is 0 Å². The smallest absolute Gasteiger partial charge is 0.0470 e. The molecule has 0 radical (unpaired) electrons. The van der Waals surface area contributed by atoms with Gasteiger partial charge >= 0.3 is 0 Å². The molecule has 0 N–H and O–H groups in total. The van der Waals surface area contributed by atoms with E-state index < -0.39 is 0 Å². The second kappa shape index (κ2) is 4.50. The van der Waals surface area contributed by atoms with Crippen LogP contribution in [0.5, 0.6) is 0 Å². The van der Waals surface area contributed by atoms with Crippen LogP contribution in [0.3, 0.4) is 0 Å². The summed E-state index contributed by atoms with van der Waals surface area (Å²) in [5.41, 5.74) is 1.24. The SMILES string of the molecule is CC/C(C)=C\CN(C)F. The number of nitrogens with zero attached hydrogens (tertiary/aromatic N) is 1. The Hall–Kier alpha value is -0.370. The van der Waals surface area contributed by atoms with E-state index in [1.165, 1.54) is 12.6 Å². The summed E-state index contributed by atoms with van der Waals surface area (Å²) in [5.74, 6) is 0. The van der Waals surface area contributed by atoms with Crippen molar-refractivity contribution in [3.05, 3.63) is 11.6 Å². The second-order valence-corrected chi connectivity index (χ2v) is 2.19. The summed E-state index contributed by atoms with van der Waals surface area (Å²) >= 11 is 0. The molecule has 0 bridgehead atoms. The average Bonchev–Trinajstić information content (AvgIpc) is 1.83. The molecule has 0 aliphatic rings. The first-order valence-electron chi connectivity index (χ1n) is 3.19. The van der Waals surface area contributed by atoms with Crippen molar-refractivity contribution in [2.45, 2.75) is 20.3 Å². The van der Waals surface area contributed by atoms with Crippen molar-refractivity contribution in [1.82, 2.24) is 5.12 Å². The maximum absolute atomic E-state index is 12.0. The van der Waals surface area contributed by atoms with Gasteiger partial charge in [0.25, 0.3) is 0 Å². The number of halogens is 1. The number of allylic oxidation sites excluding steroid dienone is 1. The fourth-order valence-corrected chi connectivity index (χ4v) is 0.426. The van der Waals surface area contributed by atoms with E-state index in [1.807, 2.05) is 13.0 Å². The van der Waals surface area contributed by atoms with Crippen LogP contribution in [0.4, 0.5) is 4.48 Å². The number of likely N-dealkylation sites (N-methyl/N-ethyl adjacent to an activating group) is 1. The Morgan fingerprint density at radius 2 is 2.22 bits per heavy atom. The highest BCUT2D eigenvalue weighted by Crippen LogP contribution is 1.97. The van der Waals surface area contributed by atoms with Crippen LogP contribution in [0.25, 0.3) is 0 Å². The molecule has 1 nitrogen and oxygen atoms in total. The average molecular weight is 131 g/mol. The number of hydrogen-bond acceptors (Lipinski definition) is 1. The molecule has 0 aliphatic heterocycles. The van der Waals surface area contributed by atoms with Gasteiger partial charge in [0.2, 0.25) is 0 Å². The Labute approximate surface area is 56.1 Å². The fourth-order valence-electron chi connectivity index (χ4n) is 0.426. The van der Waals surface area contributed by atoms with Crippen LogP contribution in [0.1, 0.15) is 20.3 Å². The summed E-state index contributed by atoms with van der Waals surface area (Å²) in [6, 6.07) is 0. The van der Waals surface area contributed by atoms with Crippen molar-refractivity contribution in [2.24, 2.45) is 0 Å². The van der Waals surface area contributed by atoms with Gasteiger partial charge in [-0.3, -0.25) is 0 Å². The molecule has 0 saturated heterocycles. The third-order valence-electron chi connectivity index (χ3n) is 1.25. The molecule has 0 heterocycles. The van der Waals surface area contributed by atoms with Crippen molar-refractivity contribution in [3.8, 4) is 0 Å². The predicted octanol–water partition coefficient (Wildman–Crippen LogP) is 2.16. The summed E-state index contributed by atoms with van der Waals surface area (Å²) < 4.78 is 12.0. The van der Waals surface area contributed by atoms with Gasteiger partial charge in [-0.2, -0.15) is 0 Å². The topological polar surface area (TPSA) is 3.24 Å². The lowest BCUT2D eigenvalue weighted by Gasteiger charge is -1.99. The molecule has 0 unspecified atom stereocenters. The summed E-state index contributed by atoms with van der Waals surface area (Å²) in [4.78, 5) is 0. The van der Waals surface area contributed by atoms with Gasteiger partial charge in [0.1, 0.15) is 0 Å². The number of hydrogen-bond donors (Lipinski definition) is 0. The van der Waals surface area contributed by atoms with Crippen molar-refractivity contribution in [1.29, 1.82) is 0 Å². The molecule has 0 aliphatic carbocycles. The van der Waals surface area contributed by atoms with Gasteiger partial charge in [0, 0.05) is 13.6 Å². The summed E-state index contributed by atoms with van der Waals surface area (Å²) in [6.45, 7) is 4.47. The molecule has 0 fully saturated rings. The van der Waals surface area contributed by atoms with E-state index in [0.717, 1.165) is 6.42 Å². The molecule has 0 rings (SSSR count). The Morgan fingerprint density at radius 1 is 1.67 bits per heavy atom. The lowest BCUT2D eigenvalue weighted by molar-refractivity contribution is 0.0760. The van der Waals surface area contributed by atoms with Crippen LogP contribution in [0.15, 0.2) is 11.6 Å². The van der Waals surface area contributed by atoms with Gasteiger partial charge in [-0.25, -0.2) is 0 Å². The molecule has 9 heavy (non-hydrogen) atoms. The zero-order chi connectivity index (χ0) is 7.28. The molecule has 2 heteroatoms. The van der Waals surface area contributed by atoms with Crippen molar-refractivity contribution in [3.63, 3.8) is 0 Å². The minimum absolute atomic E-state index is 0.402. The van der Waals surface area contributed by atoms with E-state index in [0.29, 0.717) is 11.7 Å². The van der Waals surface area contributed by atoms with Gasteiger partial charge in [0.05, 0.1) is 0 Å². The van der Waals surface area contributed by atoms with E-state index in [1.54, 1.807) is 0 Å². The third kappa shape index (κ3) is 5.50. The second-order valence-electron chi connectivity index (χ2n) is 2.19. The standard InChI is InChI=1S/C7H14FN/c1-4-7(2)5-6-9(3)8/h5H,4,6H2,1-3H3/b7-5-. The molecule has 0 aromatic rings. The number of rotatable bonds is 3. The molecule has 0 spiro atoms. The molecular formula is C7H14FN. The summed E-state index contributed by atoms with van der Waals surface area (Å²) in [5, 5.41) is 0.666. The van der Waals surface area contributed by atoms with E-state index in [4.69, 9.17) is 0 Å².